The van der Waals surface area contributed by atoms with Gasteiger partial charge < -0.3 is 9.72 Å². The lowest BCUT2D eigenvalue weighted by Gasteiger charge is -2.02. The van der Waals surface area contributed by atoms with Crippen LogP contribution in [0.4, 0.5) is 5.82 Å². The molecule has 0 atom stereocenters. The molecule has 5 heteroatoms. The number of imidazole rings is 1. The summed E-state index contributed by atoms with van der Waals surface area (Å²) >= 11 is 5.78. The Morgan fingerprint density at radius 2 is 2.17 bits per heavy atom. The van der Waals surface area contributed by atoms with Gasteiger partial charge in [-0.3, -0.25) is 0 Å². The quantitative estimate of drug-likeness (QED) is 0.785. The fourth-order valence-electron chi connectivity index (χ4n) is 1.73. The average molecular weight is 259 g/mol. The molecule has 0 bridgehead atoms. The standard InChI is InChI=1S/C13H11ClN4/c14-10-4-5-12(15-7-10)16-8-11-9-18-6-2-1-3-13(18)17-11/h1-7,9H,8H2,(H,15,16). The van der Waals surface area contributed by atoms with Crippen LogP contribution in [0, 0.1) is 0 Å². The van der Waals surface area contributed by atoms with Crippen molar-refractivity contribution in [2.45, 2.75) is 6.54 Å². The van der Waals surface area contributed by atoms with E-state index in [-0.39, 0.29) is 0 Å². The molecule has 0 unspecified atom stereocenters. The first-order chi connectivity index (χ1) is 8.81. The highest BCUT2D eigenvalue weighted by Crippen LogP contribution is 2.11. The van der Waals surface area contributed by atoms with Crippen LogP contribution in [-0.4, -0.2) is 14.4 Å². The van der Waals surface area contributed by atoms with E-state index >= 15 is 0 Å². The number of nitrogens with one attached hydrogen (secondary N) is 1. The molecule has 0 aliphatic carbocycles. The molecule has 0 saturated carbocycles. The molecule has 0 saturated heterocycles. The van der Waals surface area contributed by atoms with Crippen molar-refractivity contribution < 1.29 is 0 Å². The zero-order chi connectivity index (χ0) is 12.4. The third kappa shape index (κ3) is 2.28. The van der Waals surface area contributed by atoms with E-state index < -0.39 is 0 Å². The number of nitrogens with zero attached hydrogens (tertiary/aromatic N) is 3. The molecule has 3 rings (SSSR count). The summed E-state index contributed by atoms with van der Waals surface area (Å²) in [6.45, 7) is 0.635. The molecule has 0 aliphatic rings. The molecule has 3 heterocycles. The van der Waals surface area contributed by atoms with Gasteiger partial charge >= 0.3 is 0 Å². The van der Waals surface area contributed by atoms with Crippen LogP contribution in [0.15, 0.2) is 48.9 Å². The highest BCUT2D eigenvalue weighted by molar-refractivity contribution is 6.30. The number of halogens is 1. The monoisotopic (exact) mass is 258 g/mol. The van der Waals surface area contributed by atoms with Gasteiger partial charge in [-0.1, -0.05) is 17.7 Å². The second-order valence-electron chi connectivity index (χ2n) is 3.91. The number of aromatic nitrogens is 3. The summed E-state index contributed by atoms with van der Waals surface area (Å²) in [7, 11) is 0. The Balaban J connectivity index is 1.74. The van der Waals surface area contributed by atoms with E-state index in [2.05, 4.69) is 15.3 Å². The van der Waals surface area contributed by atoms with Gasteiger partial charge in [-0.15, -0.1) is 0 Å². The van der Waals surface area contributed by atoms with Crippen LogP contribution in [0.1, 0.15) is 5.69 Å². The molecule has 3 aromatic heterocycles. The van der Waals surface area contributed by atoms with E-state index in [1.54, 1.807) is 12.3 Å². The summed E-state index contributed by atoms with van der Waals surface area (Å²) in [4.78, 5) is 8.66. The van der Waals surface area contributed by atoms with Gasteiger partial charge in [0.1, 0.15) is 11.5 Å². The van der Waals surface area contributed by atoms with Crippen LogP contribution in [0.3, 0.4) is 0 Å². The molecule has 18 heavy (non-hydrogen) atoms. The fraction of sp³-hybridized carbons (Fsp3) is 0.0769. The van der Waals surface area contributed by atoms with Gasteiger partial charge in [0.15, 0.2) is 0 Å². The molecular weight excluding hydrogens is 248 g/mol. The van der Waals surface area contributed by atoms with Crippen LogP contribution in [0.2, 0.25) is 5.02 Å². The predicted molar refractivity (Wildman–Crippen MR) is 71.8 cm³/mol. The van der Waals surface area contributed by atoms with Crippen LogP contribution in [-0.2, 0) is 6.54 Å². The fourth-order valence-corrected chi connectivity index (χ4v) is 1.85. The molecule has 0 aromatic carbocycles. The number of pyridine rings is 2. The van der Waals surface area contributed by atoms with Crippen molar-refractivity contribution >= 4 is 23.1 Å². The smallest absolute Gasteiger partial charge is 0.137 e. The van der Waals surface area contributed by atoms with Crippen molar-refractivity contribution in [2.75, 3.05) is 5.32 Å². The van der Waals surface area contributed by atoms with Crippen LogP contribution in [0.25, 0.3) is 5.65 Å². The highest BCUT2D eigenvalue weighted by Gasteiger charge is 2.01. The molecule has 90 valence electrons. The Hall–Kier alpha value is -2.07. The van der Waals surface area contributed by atoms with E-state index in [1.807, 2.05) is 41.1 Å². The Labute approximate surface area is 109 Å². The SMILES string of the molecule is Clc1ccc(NCc2cn3ccccc3n2)nc1. The Bertz CT molecular complexity index is 627. The minimum Gasteiger partial charge on any atom is -0.364 e. The Morgan fingerprint density at radius 3 is 2.94 bits per heavy atom. The van der Waals surface area contributed by atoms with Crippen molar-refractivity contribution in [2.24, 2.45) is 0 Å². The number of fused-ring (bicyclic) bond motifs is 1. The van der Waals surface area contributed by atoms with Gasteiger partial charge in [-0.25, -0.2) is 9.97 Å². The number of hydrogen-bond donors (Lipinski definition) is 1. The maximum absolute atomic E-state index is 5.78. The summed E-state index contributed by atoms with van der Waals surface area (Å²) in [6.07, 6.45) is 5.60. The maximum atomic E-state index is 5.78. The second kappa shape index (κ2) is 4.66. The lowest BCUT2D eigenvalue weighted by molar-refractivity contribution is 1.06. The average Bonchev–Trinajstić information content (AvgIpc) is 2.81. The van der Waals surface area contributed by atoms with Gasteiger partial charge in [0, 0.05) is 18.6 Å². The summed E-state index contributed by atoms with van der Waals surface area (Å²) in [6, 6.07) is 9.58. The molecule has 0 spiro atoms. The first-order valence-corrected chi connectivity index (χ1v) is 5.97. The van der Waals surface area contributed by atoms with Gasteiger partial charge in [0.25, 0.3) is 0 Å². The van der Waals surface area contributed by atoms with Crippen molar-refractivity contribution in [1.29, 1.82) is 0 Å². The molecule has 0 amide bonds. The topological polar surface area (TPSA) is 42.2 Å². The number of hydrogen-bond acceptors (Lipinski definition) is 3. The van der Waals surface area contributed by atoms with Crippen LogP contribution < -0.4 is 5.32 Å². The van der Waals surface area contributed by atoms with E-state index in [0.717, 1.165) is 17.2 Å². The summed E-state index contributed by atoms with van der Waals surface area (Å²) in [5, 5.41) is 3.84. The minimum absolute atomic E-state index is 0.633. The Kier molecular flexibility index (Phi) is 2.86. The summed E-state index contributed by atoms with van der Waals surface area (Å²) in [5.41, 5.74) is 1.91. The normalized spacial score (nSPS) is 10.7. The number of rotatable bonds is 3. The predicted octanol–water partition coefficient (Wildman–Crippen LogP) is 2.99. The summed E-state index contributed by atoms with van der Waals surface area (Å²) < 4.78 is 1.99. The van der Waals surface area contributed by atoms with Gasteiger partial charge in [-0.2, -0.15) is 0 Å². The van der Waals surface area contributed by atoms with Crippen LogP contribution in [0.5, 0.6) is 0 Å². The molecule has 4 nitrogen and oxygen atoms in total. The first kappa shape index (κ1) is 11.0. The summed E-state index contributed by atoms with van der Waals surface area (Å²) in [5.74, 6) is 0.788. The van der Waals surface area contributed by atoms with Gasteiger partial charge in [0.05, 0.1) is 17.3 Å². The van der Waals surface area contributed by atoms with Crippen LogP contribution >= 0.6 is 11.6 Å². The second-order valence-corrected chi connectivity index (χ2v) is 4.35. The van der Waals surface area contributed by atoms with E-state index in [9.17, 15) is 0 Å². The maximum Gasteiger partial charge on any atom is 0.137 e. The Morgan fingerprint density at radius 1 is 1.22 bits per heavy atom. The highest BCUT2D eigenvalue weighted by atomic mass is 35.5. The lowest BCUT2D eigenvalue weighted by Crippen LogP contribution is -2.00. The largest absolute Gasteiger partial charge is 0.364 e. The van der Waals surface area contributed by atoms with Crippen molar-refractivity contribution in [1.82, 2.24) is 14.4 Å². The third-order valence-corrected chi connectivity index (χ3v) is 2.82. The number of anilines is 1. The van der Waals surface area contributed by atoms with Gasteiger partial charge in [0.2, 0.25) is 0 Å². The minimum atomic E-state index is 0.633. The molecule has 0 aliphatic heterocycles. The zero-order valence-electron chi connectivity index (χ0n) is 9.55. The van der Waals surface area contributed by atoms with Crippen molar-refractivity contribution in [3.63, 3.8) is 0 Å². The van der Waals surface area contributed by atoms with Crippen molar-refractivity contribution in [3.05, 3.63) is 59.6 Å². The van der Waals surface area contributed by atoms with E-state index in [0.29, 0.717) is 11.6 Å². The third-order valence-electron chi connectivity index (χ3n) is 2.59. The van der Waals surface area contributed by atoms with E-state index in [4.69, 9.17) is 11.6 Å². The zero-order valence-corrected chi connectivity index (χ0v) is 10.3. The molecule has 0 radical (unpaired) electrons. The molecule has 1 N–H and O–H groups in total. The molecule has 3 aromatic rings. The van der Waals surface area contributed by atoms with Gasteiger partial charge in [-0.05, 0) is 24.3 Å². The molecular formula is C13H11ClN4. The van der Waals surface area contributed by atoms with Crippen molar-refractivity contribution in [3.8, 4) is 0 Å². The molecule has 0 fully saturated rings. The first-order valence-electron chi connectivity index (χ1n) is 5.59. The lowest BCUT2D eigenvalue weighted by atomic mass is 10.4. The van der Waals surface area contributed by atoms with E-state index in [1.165, 1.54) is 0 Å².